The Balaban J connectivity index is 1.95. The van der Waals surface area contributed by atoms with Crippen LogP contribution in [0.1, 0.15) is 25.8 Å². The number of carbonyl (C=O) groups excluding carboxylic acids is 1. The summed E-state index contributed by atoms with van der Waals surface area (Å²) in [6.07, 6.45) is 0.102. The van der Waals surface area contributed by atoms with E-state index in [2.05, 4.69) is 5.32 Å². The molecule has 2 aromatic carbocycles. The lowest BCUT2D eigenvalue weighted by atomic mass is 10.2. The molecule has 0 unspecified atom stereocenters. The molecule has 4 nitrogen and oxygen atoms in total. The minimum absolute atomic E-state index is 0.123. The van der Waals surface area contributed by atoms with Crippen LogP contribution in [0.4, 0.5) is 0 Å². The summed E-state index contributed by atoms with van der Waals surface area (Å²) >= 11 is 0. The predicted molar refractivity (Wildman–Crippen MR) is 90.6 cm³/mol. The zero-order chi connectivity index (χ0) is 16.5. The zero-order valence-corrected chi connectivity index (χ0v) is 13.6. The van der Waals surface area contributed by atoms with Gasteiger partial charge in [0.15, 0.2) is 6.10 Å². The molecule has 4 heteroatoms. The molecule has 1 atom stereocenters. The molecule has 0 heterocycles. The van der Waals surface area contributed by atoms with Gasteiger partial charge in [0.2, 0.25) is 0 Å². The van der Waals surface area contributed by atoms with Crippen molar-refractivity contribution in [1.82, 2.24) is 5.32 Å². The van der Waals surface area contributed by atoms with Crippen molar-refractivity contribution in [2.24, 2.45) is 0 Å². The first kappa shape index (κ1) is 16.9. The summed E-state index contributed by atoms with van der Waals surface area (Å²) in [5.74, 6) is 1.37. The van der Waals surface area contributed by atoms with E-state index < -0.39 is 6.10 Å². The van der Waals surface area contributed by atoms with Crippen LogP contribution in [0.5, 0.6) is 11.5 Å². The van der Waals surface area contributed by atoms with Gasteiger partial charge in [0.1, 0.15) is 11.5 Å². The summed E-state index contributed by atoms with van der Waals surface area (Å²) in [7, 11) is 0. The van der Waals surface area contributed by atoms with Crippen molar-refractivity contribution in [3.8, 4) is 11.5 Å². The predicted octanol–water partition coefficient (Wildman–Crippen LogP) is 3.56. The first-order valence-corrected chi connectivity index (χ1v) is 7.94. The number of amides is 1. The van der Waals surface area contributed by atoms with Gasteiger partial charge in [-0.25, -0.2) is 0 Å². The number of nitrogens with one attached hydrogen (secondary N) is 1. The van der Waals surface area contributed by atoms with E-state index in [1.165, 1.54) is 0 Å². The van der Waals surface area contributed by atoms with E-state index in [0.29, 0.717) is 25.3 Å². The van der Waals surface area contributed by atoms with Crippen LogP contribution in [0, 0.1) is 0 Å². The van der Waals surface area contributed by atoms with Gasteiger partial charge < -0.3 is 14.8 Å². The number of rotatable bonds is 8. The number of ether oxygens (including phenoxy) is 2. The van der Waals surface area contributed by atoms with Crippen LogP contribution < -0.4 is 14.8 Å². The summed E-state index contributed by atoms with van der Waals surface area (Å²) in [5, 5.41) is 2.93. The SMILES string of the molecule is CCOc1ccccc1CNC(=O)[C@@H](CC)Oc1ccccc1. The number of carbonyl (C=O) groups is 1. The maximum absolute atomic E-state index is 12.3. The van der Waals surface area contributed by atoms with Gasteiger partial charge in [-0.3, -0.25) is 4.79 Å². The molecule has 0 saturated heterocycles. The van der Waals surface area contributed by atoms with Gasteiger partial charge in [0, 0.05) is 12.1 Å². The molecule has 0 bridgehead atoms. The van der Waals surface area contributed by atoms with Crippen LogP contribution in [0.3, 0.4) is 0 Å². The first-order chi connectivity index (χ1) is 11.2. The lowest BCUT2D eigenvalue weighted by Crippen LogP contribution is -2.37. The van der Waals surface area contributed by atoms with Gasteiger partial charge in [-0.05, 0) is 31.5 Å². The summed E-state index contributed by atoms with van der Waals surface area (Å²) < 4.78 is 11.3. The van der Waals surface area contributed by atoms with Crippen molar-refractivity contribution in [2.45, 2.75) is 32.9 Å². The van der Waals surface area contributed by atoms with Crippen molar-refractivity contribution in [3.05, 3.63) is 60.2 Å². The van der Waals surface area contributed by atoms with Crippen LogP contribution >= 0.6 is 0 Å². The van der Waals surface area contributed by atoms with Crippen molar-refractivity contribution in [3.63, 3.8) is 0 Å². The Morgan fingerprint density at radius 3 is 2.43 bits per heavy atom. The molecule has 0 aliphatic heterocycles. The Kier molecular flexibility index (Phi) is 6.48. The fourth-order valence-electron chi connectivity index (χ4n) is 2.23. The average molecular weight is 313 g/mol. The molecule has 0 fully saturated rings. The van der Waals surface area contributed by atoms with Crippen LogP contribution in [0.25, 0.3) is 0 Å². The molecule has 2 rings (SSSR count). The Morgan fingerprint density at radius 2 is 1.74 bits per heavy atom. The third-order valence-corrected chi connectivity index (χ3v) is 3.41. The van der Waals surface area contributed by atoms with Gasteiger partial charge in [-0.2, -0.15) is 0 Å². The molecule has 0 aliphatic carbocycles. The molecule has 0 aliphatic rings. The van der Waals surface area contributed by atoms with E-state index in [1.54, 1.807) is 0 Å². The van der Waals surface area contributed by atoms with Crippen molar-refractivity contribution >= 4 is 5.91 Å². The van der Waals surface area contributed by atoms with Crippen molar-refractivity contribution in [1.29, 1.82) is 0 Å². The summed E-state index contributed by atoms with van der Waals surface area (Å²) in [6.45, 7) is 4.89. The van der Waals surface area contributed by atoms with Crippen LogP contribution in [-0.4, -0.2) is 18.6 Å². The maximum atomic E-state index is 12.3. The Labute approximate surface area is 137 Å². The molecule has 0 aromatic heterocycles. The number of para-hydroxylation sites is 2. The molecular weight excluding hydrogens is 290 g/mol. The fourth-order valence-corrected chi connectivity index (χ4v) is 2.23. The molecule has 0 radical (unpaired) electrons. The first-order valence-electron chi connectivity index (χ1n) is 7.94. The second-order valence-corrected chi connectivity index (χ2v) is 5.09. The molecule has 0 saturated carbocycles. The van der Waals surface area contributed by atoms with E-state index in [-0.39, 0.29) is 5.91 Å². The van der Waals surface area contributed by atoms with Crippen LogP contribution in [-0.2, 0) is 11.3 Å². The van der Waals surface area contributed by atoms with Crippen LogP contribution in [0.15, 0.2) is 54.6 Å². The third kappa shape index (κ3) is 5.02. The minimum atomic E-state index is -0.503. The van der Waals surface area contributed by atoms with Crippen molar-refractivity contribution < 1.29 is 14.3 Å². The lowest BCUT2D eigenvalue weighted by molar-refractivity contribution is -0.128. The lowest BCUT2D eigenvalue weighted by Gasteiger charge is -2.18. The summed E-state index contributed by atoms with van der Waals surface area (Å²) in [6, 6.07) is 17.1. The van der Waals surface area contributed by atoms with Gasteiger partial charge >= 0.3 is 0 Å². The highest BCUT2D eigenvalue weighted by Crippen LogP contribution is 2.18. The Morgan fingerprint density at radius 1 is 1.04 bits per heavy atom. The zero-order valence-electron chi connectivity index (χ0n) is 13.6. The summed E-state index contributed by atoms with van der Waals surface area (Å²) in [5.41, 5.74) is 0.956. The van der Waals surface area contributed by atoms with Gasteiger partial charge in [-0.15, -0.1) is 0 Å². The van der Waals surface area contributed by atoms with E-state index in [0.717, 1.165) is 11.3 Å². The standard InChI is InChI=1S/C19H23NO3/c1-3-17(23-16-11-6-5-7-12-16)19(21)20-14-15-10-8-9-13-18(15)22-4-2/h5-13,17H,3-4,14H2,1-2H3,(H,20,21)/t17-/m1/s1. The molecule has 1 amide bonds. The van der Waals surface area contributed by atoms with Crippen molar-refractivity contribution in [2.75, 3.05) is 6.61 Å². The van der Waals surface area contributed by atoms with Gasteiger partial charge in [-0.1, -0.05) is 43.3 Å². The average Bonchev–Trinajstić information content (AvgIpc) is 2.60. The highest BCUT2D eigenvalue weighted by Gasteiger charge is 2.18. The van der Waals surface area contributed by atoms with E-state index in [9.17, 15) is 4.79 Å². The topological polar surface area (TPSA) is 47.6 Å². The fraction of sp³-hybridized carbons (Fsp3) is 0.316. The third-order valence-electron chi connectivity index (χ3n) is 3.41. The van der Waals surface area contributed by atoms with E-state index in [4.69, 9.17) is 9.47 Å². The number of hydrogen-bond acceptors (Lipinski definition) is 3. The van der Waals surface area contributed by atoms with E-state index >= 15 is 0 Å². The summed E-state index contributed by atoms with van der Waals surface area (Å²) in [4.78, 5) is 12.3. The van der Waals surface area contributed by atoms with Gasteiger partial charge in [0.05, 0.1) is 6.61 Å². The monoisotopic (exact) mass is 313 g/mol. The number of hydrogen-bond donors (Lipinski definition) is 1. The molecular formula is C19H23NO3. The Bertz CT molecular complexity index is 613. The second kappa shape index (κ2) is 8.83. The smallest absolute Gasteiger partial charge is 0.261 e. The minimum Gasteiger partial charge on any atom is -0.494 e. The van der Waals surface area contributed by atoms with Gasteiger partial charge in [0.25, 0.3) is 5.91 Å². The normalized spacial score (nSPS) is 11.6. The molecule has 23 heavy (non-hydrogen) atoms. The largest absolute Gasteiger partial charge is 0.494 e. The second-order valence-electron chi connectivity index (χ2n) is 5.09. The molecule has 2 aromatic rings. The quantitative estimate of drug-likeness (QED) is 0.810. The number of benzene rings is 2. The highest BCUT2D eigenvalue weighted by atomic mass is 16.5. The Hall–Kier alpha value is -2.49. The van der Waals surface area contributed by atoms with Crippen LogP contribution in [0.2, 0.25) is 0 Å². The van der Waals surface area contributed by atoms with E-state index in [1.807, 2.05) is 68.4 Å². The maximum Gasteiger partial charge on any atom is 0.261 e. The molecule has 0 spiro atoms. The molecule has 1 N–H and O–H groups in total. The highest BCUT2D eigenvalue weighted by molar-refractivity contribution is 5.81. The molecule has 122 valence electrons.